The standard InChI is InChI=1S/C21H35N5O3.HI/c1-4-29-19-14-16(7-8-18(19)28-3)6-5-11-24-21(23-2)25-17-9-12-26(13-10-17)15-20(22)27;/h7-8,14,17H,4-6,9-13,15H2,1-3H3,(H2,22,27)(H2,23,24,25);1H. The first-order chi connectivity index (χ1) is 14.0. The third-order valence-electron chi connectivity index (χ3n) is 4.99. The van der Waals surface area contributed by atoms with Crippen molar-refractivity contribution >= 4 is 35.8 Å². The summed E-state index contributed by atoms with van der Waals surface area (Å²) in [6.07, 6.45) is 3.87. The number of primary amides is 1. The van der Waals surface area contributed by atoms with Gasteiger partial charge in [0.25, 0.3) is 0 Å². The molecule has 1 amide bonds. The summed E-state index contributed by atoms with van der Waals surface area (Å²) < 4.78 is 11.0. The molecule has 9 heteroatoms. The molecule has 1 aliphatic heterocycles. The van der Waals surface area contributed by atoms with Crippen LogP contribution < -0.4 is 25.8 Å². The van der Waals surface area contributed by atoms with Gasteiger partial charge in [-0.25, -0.2) is 0 Å². The van der Waals surface area contributed by atoms with E-state index in [1.165, 1.54) is 5.56 Å². The number of benzene rings is 1. The molecule has 2 rings (SSSR count). The van der Waals surface area contributed by atoms with Gasteiger partial charge in [-0.05, 0) is 50.3 Å². The number of rotatable bonds is 10. The molecule has 1 fully saturated rings. The minimum Gasteiger partial charge on any atom is -0.493 e. The third kappa shape index (κ3) is 8.95. The van der Waals surface area contributed by atoms with Crippen LogP contribution in [-0.4, -0.2) is 69.8 Å². The topological polar surface area (TPSA) is 101 Å². The summed E-state index contributed by atoms with van der Waals surface area (Å²) in [6, 6.07) is 6.45. The van der Waals surface area contributed by atoms with E-state index in [2.05, 4.69) is 32.7 Å². The van der Waals surface area contributed by atoms with Crippen molar-refractivity contribution in [3.8, 4) is 11.5 Å². The Bertz CT molecular complexity index is 679. The molecule has 1 aromatic rings. The molecule has 30 heavy (non-hydrogen) atoms. The van der Waals surface area contributed by atoms with Crippen LogP contribution in [-0.2, 0) is 11.2 Å². The molecule has 1 aromatic carbocycles. The van der Waals surface area contributed by atoms with Crippen LogP contribution in [0.2, 0.25) is 0 Å². The van der Waals surface area contributed by atoms with Crippen molar-refractivity contribution in [3.63, 3.8) is 0 Å². The highest BCUT2D eigenvalue weighted by molar-refractivity contribution is 14.0. The molecule has 0 spiro atoms. The van der Waals surface area contributed by atoms with E-state index >= 15 is 0 Å². The average Bonchev–Trinajstić information content (AvgIpc) is 2.71. The zero-order valence-corrected chi connectivity index (χ0v) is 20.6. The van der Waals surface area contributed by atoms with E-state index in [9.17, 15) is 4.79 Å². The second-order valence-electron chi connectivity index (χ2n) is 7.18. The minimum absolute atomic E-state index is 0. The van der Waals surface area contributed by atoms with Gasteiger partial charge in [-0.1, -0.05) is 6.07 Å². The Morgan fingerprint density at radius 3 is 2.63 bits per heavy atom. The lowest BCUT2D eigenvalue weighted by molar-refractivity contribution is -0.119. The van der Waals surface area contributed by atoms with Gasteiger partial charge >= 0.3 is 0 Å². The van der Waals surface area contributed by atoms with E-state index in [1.807, 2.05) is 13.0 Å². The first kappa shape index (κ1) is 26.3. The predicted octanol–water partition coefficient (Wildman–Crippen LogP) is 1.76. The molecule has 1 heterocycles. The zero-order valence-electron chi connectivity index (χ0n) is 18.3. The van der Waals surface area contributed by atoms with Gasteiger partial charge in [-0.3, -0.25) is 14.7 Å². The van der Waals surface area contributed by atoms with Crippen molar-refractivity contribution in [3.05, 3.63) is 23.8 Å². The molecule has 0 aliphatic carbocycles. The molecule has 0 radical (unpaired) electrons. The number of nitrogens with zero attached hydrogens (tertiary/aromatic N) is 2. The second kappa shape index (κ2) is 14.3. The summed E-state index contributed by atoms with van der Waals surface area (Å²) in [6.45, 7) is 5.50. The number of carbonyl (C=O) groups excluding carboxylic acids is 1. The van der Waals surface area contributed by atoms with E-state index in [4.69, 9.17) is 15.2 Å². The summed E-state index contributed by atoms with van der Waals surface area (Å²) in [5.74, 6) is 2.11. The summed E-state index contributed by atoms with van der Waals surface area (Å²) in [7, 11) is 3.44. The Kier molecular flexibility index (Phi) is 12.5. The minimum atomic E-state index is -0.265. The quantitative estimate of drug-likeness (QED) is 0.184. The number of aryl methyl sites for hydroxylation is 1. The van der Waals surface area contributed by atoms with Crippen molar-refractivity contribution in [1.29, 1.82) is 0 Å². The Morgan fingerprint density at radius 2 is 2.03 bits per heavy atom. The number of nitrogens with two attached hydrogens (primary N) is 1. The predicted molar refractivity (Wildman–Crippen MR) is 131 cm³/mol. The smallest absolute Gasteiger partial charge is 0.231 e. The first-order valence-corrected chi connectivity index (χ1v) is 10.3. The molecular weight excluding hydrogens is 497 g/mol. The van der Waals surface area contributed by atoms with Crippen LogP contribution in [0.15, 0.2) is 23.2 Å². The number of nitrogens with one attached hydrogen (secondary N) is 2. The number of ether oxygens (including phenoxy) is 2. The fraction of sp³-hybridized carbons (Fsp3) is 0.619. The molecule has 0 saturated carbocycles. The molecule has 0 aromatic heterocycles. The average molecular weight is 533 g/mol. The van der Waals surface area contributed by atoms with Crippen molar-refractivity contribution in [2.24, 2.45) is 10.7 Å². The van der Waals surface area contributed by atoms with Gasteiger partial charge in [0.05, 0.1) is 20.3 Å². The summed E-state index contributed by atoms with van der Waals surface area (Å²) in [5, 5.41) is 6.87. The highest BCUT2D eigenvalue weighted by atomic mass is 127. The number of halogens is 1. The van der Waals surface area contributed by atoms with Crippen LogP contribution in [0.4, 0.5) is 0 Å². The number of hydrogen-bond donors (Lipinski definition) is 3. The maximum absolute atomic E-state index is 11.0. The van der Waals surface area contributed by atoms with Gasteiger partial charge in [0, 0.05) is 32.7 Å². The number of carbonyl (C=O) groups is 1. The Hall–Kier alpha value is -1.75. The largest absolute Gasteiger partial charge is 0.493 e. The van der Waals surface area contributed by atoms with Crippen molar-refractivity contribution in [1.82, 2.24) is 15.5 Å². The third-order valence-corrected chi connectivity index (χ3v) is 4.99. The monoisotopic (exact) mass is 533 g/mol. The Morgan fingerprint density at radius 1 is 1.30 bits per heavy atom. The van der Waals surface area contributed by atoms with Gasteiger partial charge in [0.2, 0.25) is 5.91 Å². The Labute approximate surface area is 197 Å². The molecule has 8 nitrogen and oxygen atoms in total. The van der Waals surface area contributed by atoms with E-state index < -0.39 is 0 Å². The maximum atomic E-state index is 11.0. The van der Waals surface area contributed by atoms with E-state index in [0.717, 1.165) is 62.8 Å². The van der Waals surface area contributed by atoms with E-state index in [0.29, 0.717) is 19.2 Å². The zero-order chi connectivity index (χ0) is 21.1. The van der Waals surface area contributed by atoms with Crippen LogP contribution in [0.3, 0.4) is 0 Å². The summed E-state index contributed by atoms with van der Waals surface area (Å²) >= 11 is 0. The number of amides is 1. The van der Waals surface area contributed by atoms with Crippen molar-refractivity contribution in [2.75, 3.05) is 46.9 Å². The first-order valence-electron chi connectivity index (χ1n) is 10.3. The number of guanidine groups is 1. The van der Waals surface area contributed by atoms with Gasteiger partial charge in [-0.15, -0.1) is 24.0 Å². The lowest BCUT2D eigenvalue weighted by Gasteiger charge is -2.32. The summed E-state index contributed by atoms with van der Waals surface area (Å²) in [5.41, 5.74) is 6.49. The normalized spacial score (nSPS) is 15.2. The fourth-order valence-electron chi connectivity index (χ4n) is 3.49. The van der Waals surface area contributed by atoms with Gasteiger partial charge in [-0.2, -0.15) is 0 Å². The highest BCUT2D eigenvalue weighted by Crippen LogP contribution is 2.28. The van der Waals surface area contributed by atoms with Crippen LogP contribution in [0.5, 0.6) is 11.5 Å². The number of likely N-dealkylation sites (tertiary alicyclic amines) is 1. The lowest BCUT2D eigenvalue weighted by atomic mass is 10.1. The maximum Gasteiger partial charge on any atom is 0.231 e. The lowest BCUT2D eigenvalue weighted by Crippen LogP contribution is -2.49. The van der Waals surface area contributed by atoms with Gasteiger partial charge in [0.1, 0.15) is 0 Å². The Balaban J connectivity index is 0.00000450. The summed E-state index contributed by atoms with van der Waals surface area (Å²) in [4.78, 5) is 17.5. The van der Waals surface area contributed by atoms with E-state index in [-0.39, 0.29) is 29.9 Å². The molecular formula is C21H36IN5O3. The highest BCUT2D eigenvalue weighted by Gasteiger charge is 2.20. The number of hydrogen-bond acceptors (Lipinski definition) is 5. The van der Waals surface area contributed by atoms with E-state index in [1.54, 1.807) is 14.2 Å². The van der Waals surface area contributed by atoms with Gasteiger partial charge in [0.15, 0.2) is 17.5 Å². The van der Waals surface area contributed by atoms with Crippen LogP contribution >= 0.6 is 24.0 Å². The second-order valence-corrected chi connectivity index (χ2v) is 7.18. The molecule has 0 unspecified atom stereocenters. The number of piperidine rings is 1. The van der Waals surface area contributed by atoms with Gasteiger partial charge < -0.3 is 25.8 Å². The SMILES string of the molecule is CCOc1cc(CCCNC(=NC)NC2CCN(CC(N)=O)CC2)ccc1OC.I. The van der Waals surface area contributed by atoms with Crippen LogP contribution in [0, 0.1) is 0 Å². The molecule has 0 bridgehead atoms. The van der Waals surface area contributed by atoms with Crippen molar-refractivity contribution in [2.45, 2.75) is 38.6 Å². The molecule has 170 valence electrons. The fourth-order valence-corrected chi connectivity index (χ4v) is 3.49. The molecule has 0 atom stereocenters. The molecule has 4 N–H and O–H groups in total. The molecule has 1 aliphatic rings. The van der Waals surface area contributed by atoms with Crippen LogP contribution in [0.25, 0.3) is 0 Å². The van der Waals surface area contributed by atoms with Crippen LogP contribution in [0.1, 0.15) is 31.7 Å². The van der Waals surface area contributed by atoms with Crippen molar-refractivity contribution < 1.29 is 14.3 Å². The number of aliphatic imine (C=N–C) groups is 1. The number of methoxy groups -OCH3 is 1. The molecule has 1 saturated heterocycles.